The molecular weight excluding hydrogens is 370 g/mol. The number of hydrogen-bond donors (Lipinski definition) is 2. The van der Waals surface area contributed by atoms with E-state index in [2.05, 4.69) is 11.1 Å². The molecule has 7 nitrogen and oxygen atoms in total. The van der Waals surface area contributed by atoms with Crippen LogP contribution in [0, 0.1) is 0 Å². The number of amides is 2. The average Bonchev–Trinajstić information content (AvgIpc) is 3.28. The molecule has 1 aromatic heterocycles. The van der Waals surface area contributed by atoms with E-state index in [9.17, 15) is 9.59 Å². The van der Waals surface area contributed by atoms with Crippen molar-refractivity contribution in [3.8, 4) is 11.5 Å². The van der Waals surface area contributed by atoms with Gasteiger partial charge < -0.3 is 19.8 Å². The number of methoxy groups -OCH3 is 2. The number of imide groups is 1. The molecular formula is C22H24N3O4+. The van der Waals surface area contributed by atoms with Crippen LogP contribution in [0.3, 0.4) is 0 Å². The monoisotopic (exact) mass is 394 g/mol. The largest absolute Gasteiger partial charge is 0.497 e. The summed E-state index contributed by atoms with van der Waals surface area (Å²) in [6, 6.07) is 12.8. The van der Waals surface area contributed by atoms with Crippen molar-refractivity contribution in [2.75, 3.05) is 25.7 Å². The van der Waals surface area contributed by atoms with Crippen LogP contribution >= 0.6 is 0 Å². The summed E-state index contributed by atoms with van der Waals surface area (Å²) in [5.74, 6) is 0.654. The Morgan fingerprint density at radius 1 is 1.10 bits per heavy atom. The van der Waals surface area contributed by atoms with Crippen LogP contribution in [0.25, 0.3) is 10.9 Å². The topological polar surface area (TPSA) is 88.2 Å². The number of hydrogen-bond acceptors (Lipinski definition) is 4. The molecule has 4 rings (SSSR count). The number of quaternary nitrogens is 1. The lowest BCUT2D eigenvalue weighted by Gasteiger charge is -2.16. The fourth-order valence-corrected chi connectivity index (χ4v) is 3.81. The van der Waals surface area contributed by atoms with Gasteiger partial charge in [0.05, 0.1) is 32.9 Å². The maximum absolute atomic E-state index is 12.9. The van der Waals surface area contributed by atoms with E-state index in [4.69, 9.17) is 9.47 Å². The highest BCUT2D eigenvalue weighted by molar-refractivity contribution is 6.22. The smallest absolute Gasteiger partial charge is 0.292 e. The van der Waals surface area contributed by atoms with Gasteiger partial charge in [0.2, 0.25) is 5.91 Å². The number of nitrogens with zero attached hydrogens (tertiary/aromatic N) is 1. The second-order valence-electron chi connectivity index (χ2n) is 7.08. The Kier molecular flexibility index (Phi) is 5.22. The van der Waals surface area contributed by atoms with Gasteiger partial charge in [0.15, 0.2) is 6.04 Å². The van der Waals surface area contributed by atoms with E-state index in [-0.39, 0.29) is 18.2 Å². The minimum absolute atomic E-state index is 0.187. The summed E-state index contributed by atoms with van der Waals surface area (Å²) in [5.41, 5.74) is 2.79. The molecule has 150 valence electrons. The number of rotatable bonds is 7. The standard InChI is InChI=1S/C22H23N3O4/c1-28-16-9-15(10-17(11-16)29-2)25-21(26)12-20(22(25)27)23-8-7-14-13-24-19-6-4-3-5-18(14)19/h3-6,9-11,13,20,23-24H,7-8,12H2,1-2H3/p+1/t20-/m1/s1. The Balaban J connectivity index is 1.44. The van der Waals surface area contributed by atoms with Gasteiger partial charge in [-0.2, -0.15) is 0 Å². The van der Waals surface area contributed by atoms with Crippen molar-refractivity contribution < 1.29 is 24.4 Å². The van der Waals surface area contributed by atoms with E-state index in [0.717, 1.165) is 18.5 Å². The lowest BCUT2D eigenvalue weighted by Crippen LogP contribution is -2.92. The first-order valence-corrected chi connectivity index (χ1v) is 9.59. The maximum Gasteiger partial charge on any atom is 0.292 e. The van der Waals surface area contributed by atoms with Crippen LogP contribution in [0.2, 0.25) is 0 Å². The lowest BCUT2D eigenvalue weighted by atomic mass is 10.1. The van der Waals surface area contributed by atoms with Gasteiger partial charge in [-0.3, -0.25) is 9.59 Å². The number of H-pyrrole nitrogens is 1. The highest BCUT2D eigenvalue weighted by Gasteiger charge is 2.42. The number of carbonyl (C=O) groups excluding carboxylic acids is 2. The molecule has 2 aromatic carbocycles. The normalized spacial score (nSPS) is 16.6. The second kappa shape index (κ2) is 7.97. The summed E-state index contributed by atoms with van der Waals surface area (Å²) in [5, 5.41) is 3.15. The van der Waals surface area contributed by atoms with Crippen molar-refractivity contribution >= 4 is 28.4 Å². The van der Waals surface area contributed by atoms with Crippen LogP contribution in [0.1, 0.15) is 12.0 Å². The molecule has 0 spiro atoms. The fourth-order valence-electron chi connectivity index (χ4n) is 3.81. The van der Waals surface area contributed by atoms with E-state index >= 15 is 0 Å². The third-order valence-corrected chi connectivity index (χ3v) is 5.32. The molecule has 1 saturated heterocycles. The number of nitrogens with one attached hydrogen (secondary N) is 1. The fraction of sp³-hybridized carbons (Fsp3) is 0.273. The van der Waals surface area contributed by atoms with Crippen molar-refractivity contribution in [2.45, 2.75) is 18.9 Å². The minimum atomic E-state index is -0.412. The van der Waals surface area contributed by atoms with E-state index in [0.29, 0.717) is 17.2 Å². The van der Waals surface area contributed by atoms with Gasteiger partial charge in [-0.05, 0) is 11.6 Å². The van der Waals surface area contributed by atoms with Crippen LogP contribution < -0.4 is 19.7 Å². The Hall–Kier alpha value is -3.32. The van der Waals surface area contributed by atoms with Gasteiger partial charge in [-0.25, -0.2) is 4.90 Å². The molecule has 7 heteroatoms. The summed E-state index contributed by atoms with van der Waals surface area (Å²) in [6.45, 7) is 0.723. The SMILES string of the molecule is COc1cc(OC)cc(N2C(=O)C[C@@H]([NH2+]CCc3c[nH]c4ccccc34)C2=O)c1. The average molecular weight is 394 g/mol. The van der Waals surface area contributed by atoms with Gasteiger partial charge in [-0.15, -0.1) is 0 Å². The molecule has 2 heterocycles. The summed E-state index contributed by atoms with van der Waals surface area (Å²) in [6.07, 6.45) is 3.01. The predicted octanol–water partition coefficient (Wildman–Crippen LogP) is 1.62. The number of carbonyl (C=O) groups is 2. The van der Waals surface area contributed by atoms with E-state index in [1.807, 2.05) is 29.7 Å². The predicted molar refractivity (Wildman–Crippen MR) is 109 cm³/mol. The maximum atomic E-state index is 12.9. The molecule has 2 amide bonds. The van der Waals surface area contributed by atoms with Crippen LogP contribution in [-0.2, 0) is 16.0 Å². The molecule has 0 unspecified atom stereocenters. The first-order valence-electron chi connectivity index (χ1n) is 9.59. The van der Waals surface area contributed by atoms with E-state index in [1.54, 1.807) is 18.2 Å². The van der Waals surface area contributed by atoms with Crippen molar-refractivity contribution in [1.82, 2.24) is 4.98 Å². The Morgan fingerprint density at radius 3 is 2.55 bits per heavy atom. The summed E-state index contributed by atoms with van der Waals surface area (Å²) in [7, 11) is 3.07. The Bertz CT molecular complexity index is 1040. The van der Waals surface area contributed by atoms with E-state index < -0.39 is 6.04 Å². The minimum Gasteiger partial charge on any atom is -0.497 e. The summed E-state index contributed by atoms with van der Waals surface area (Å²) < 4.78 is 10.5. The molecule has 1 aliphatic rings. The van der Waals surface area contributed by atoms with Crippen LogP contribution in [0.4, 0.5) is 5.69 Å². The number of benzene rings is 2. The Labute approximate surface area is 168 Å². The molecule has 0 saturated carbocycles. The molecule has 1 fully saturated rings. The van der Waals surface area contributed by atoms with Gasteiger partial charge in [0.1, 0.15) is 11.5 Å². The molecule has 3 N–H and O–H groups in total. The van der Waals surface area contributed by atoms with Gasteiger partial charge in [-0.1, -0.05) is 18.2 Å². The summed E-state index contributed by atoms with van der Waals surface area (Å²) in [4.78, 5) is 30.0. The first-order chi connectivity index (χ1) is 14.1. The molecule has 29 heavy (non-hydrogen) atoms. The van der Waals surface area contributed by atoms with Gasteiger partial charge >= 0.3 is 0 Å². The second-order valence-corrected chi connectivity index (χ2v) is 7.08. The first kappa shape index (κ1) is 19.0. The number of anilines is 1. The van der Waals surface area contributed by atoms with Gasteiger partial charge in [0, 0.05) is 41.7 Å². The third kappa shape index (κ3) is 3.69. The molecule has 1 aliphatic heterocycles. The molecule has 1 atom stereocenters. The zero-order chi connectivity index (χ0) is 20.4. The van der Waals surface area contributed by atoms with E-state index in [1.165, 1.54) is 30.1 Å². The zero-order valence-electron chi connectivity index (χ0n) is 16.5. The highest BCUT2D eigenvalue weighted by atomic mass is 16.5. The van der Waals surface area contributed by atoms with Crippen molar-refractivity contribution in [1.29, 1.82) is 0 Å². The zero-order valence-corrected chi connectivity index (χ0v) is 16.5. The number of para-hydroxylation sites is 1. The molecule has 0 aliphatic carbocycles. The van der Waals surface area contributed by atoms with Crippen LogP contribution in [-0.4, -0.2) is 43.6 Å². The quantitative estimate of drug-likeness (QED) is 0.596. The van der Waals surface area contributed by atoms with Crippen LogP contribution in [0.15, 0.2) is 48.7 Å². The number of aromatic amines is 1. The Morgan fingerprint density at radius 2 is 1.83 bits per heavy atom. The van der Waals surface area contributed by atoms with Crippen molar-refractivity contribution in [3.05, 3.63) is 54.2 Å². The molecule has 3 aromatic rings. The molecule has 0 radical (unpaired) electrons. The van der Waals surface area contributed by atoms with Gasteiger partial charge in [0.25, 0.3) is 5.91 Å². The highest BCUT2D eigenvalue weighted by Crippen LogP contribution is 2.31. The van der Waals surface area contributed by atoms with Crippen molar-refractivity contribution in [3.63, 3.8) is 0 Å². The number of fused-ring (bicyclic) bond motifs is 1. The van der Waals surface area contributed by atoms with Crippen molar-refractivity contribution in [2.24, 2.45) is 0 Å². The van der Waals surface area contributed by atoms with Crippen LogP contribution in [0.5, 0.6) is 11.5 Å². The summed E-state index contributed by atoms with van der Waals surface area (Å²) >= 11 is 0. The number of ether oxygens (including phenoxy) is 2. The lowest BCUT2D eigenvalue weighted by molar-refractivity contribution is -0.674. The number of aromatic nitrogens is 1. The third-order valence-electron chi connectivity index (χ3n) is 5.32. The molecule has 0 bridgehead atoms. The number of nitrogens with two attached hydrogens (primary N) is 1.